The van der Waals surface area contributed by atoms with Gasteiger partial charge in [-0.2, -0.15) is 0 Å². The Balaban J connectivity index is 1.28. The molecule has 0 saturated heterocycles. The Morgan fingerprint density at radius 2 is 1.71 bits per heavy atom. The fraction of sp³-hybridized carbons (Fsp3) is 0.269. The number of sulfonamides is 1. The highest BCUT2D eigenvalue weighted by molar-refractivity contribution is 7.91. The minimum Gasteiger partial charge on any atom is -0.323 e. The first-order valence-electron chi connectivity index (χ1n) is 11.4. The number of hydrogen-bond acceptors (Lipinski definition) is 4. The Morgan fingerprint density at radius 1 is 1.00 bits per heavy atom. The number of halogens is 2. The van der Waals surface area contributed by atoms with Gasteiger partial charge in [0.15, 0.2) is 0 Å². The second kappa shape index (κ2) is 9.85. The summed E-state index contributed by atoms with van der Waals surface area (Å²) in [6, 6.07) is 14.8. The lowest BCUT2D eigenvalue weighted by atomic mass is 9.93. The third-order valence-electron chi connectivity index (χ3n) is 6.76. The molecule has 1 aromatic heterocycles. The molecule has 2 aliphatic carbocycles. The highest BCUT2D eigenvalue weighted by atomic mass is 35.5. The van der Waals surface area contributed by atoms with Crippen molar-refractivity contribution in [1.29, 1.82) is 0 Å². The predicted octanol–water partition coefficient (Wildman–Crippen LogP) is 5.66. The summed E-state index contributed by atoms with van der Waals surface area (Å²) in [5.41, 5.74) is 3.76. The third-order valence-corrected chi connectivity index (χ3v) is 9.95. The summed E-state index contributed by atoms with van der Waals surface area (Å²) in [5, 5.41) is 2.89. The maximum Gasteiger partial charge on any atom is 0.250 e. The maximum atomic E-state index is 13.0. The van der Waals surface area contributed by atoms with Crippen LogP contribution in [0.15, 0.2) is 64.9 Å². The fourth-order valence-electron chi connectivity index (χ4n) is 5.09. The average Bonchev–Trinajstić information content (AvgIpc) is 3.37. The van der Waals surface area contributed by atoms with Gasteiger partial charge in [0.2, 0.25) is 15.9 Å². The van der Waals surface area contributed by atoms with Gasteiger partial charge in [-0.3, -0.25) is 4.79 Å². The van der Waals surface area contributed by atoms with Crippen molar-refractivity contribution in [3.63, 3.8) is 0 Å². The van der Waals surface area contributed by atoms with E-state index in [9.17, 15) is 17.6 Å². The predicted molar refractivity (Wildman–Crippen MR) is 138 cm³/mol. The molecule has 3 unspecified atom stereocenters. The molecule has 5 rings (SSSR count). The molecule has 1 amide bonds. The number of thiophene rings is 1. The molecular weight excluding hydrogens is 507 g/mol. The van der Waals surface area contributed by atoms with Crippen LogP contribution in [0.3, 0.4) is 0 Å². The zero-order valence-corrected chi connectivity index (χ0v) is 21.1. The normalized spacial score (nSPS) is 21.6. The highest BCUT2D eigenvalue weighted by Crippen LogP contribution is 2.41. The van der Waals surface area contributed by atoms with Crippen molar-refractivity contribution in [3.05, 3.63) is 87.5 Å². The van der Waals surface area contributed by atoms with Crippen LogP contribution in [0.2, 0.25) is 4.34 Å². The Labute approximate surface area is 213 Å². The van der Waals surface area contributed by atoms with Crippen molar-refractivity contribution in [1.82, 2.24) is 4.72 Å². The van der Waals surface area contributed by atoms with Crippen LogP contribution in [0.5, 0.6) is 0 Å². The van der Waals surface area contributed by atoms with Crippen LogP contribution in [-0.2, 0) is 27.7 Å². The van der Waals surface area contributed by atoms with Crippen molar-refractivity contribution < 1.29 is 17.6 Å². The number of nitrogens with one attached hydrogen (secondary N) is 2. The number of hydrogen-bond donors (Lipinski definition) is 2. The standard InChI is InChI=1S/C26H24ClFN2O3S2/c27-23-10-12-25(34-23)35(32,33)30-26-18-4-5-19(26)14-20-15-22(9-6-17(20)13-18)29-24(31)11-3-16-1-7-21(28)8-2-16/h1-3,6-12,15,18-19,26,30H,4-5,13-14H2,(H,29,31)/b11-3+. The summed E-state index contributed by atoms with van der Waals surface area (Å²) < 4.78 is 42.6. The van der Waals surface area contributed by atoms with Crippen LogP contribution in [0.4, 0.5) is 10.1 Å². The van der Waals surface area contributed by atoms with Crippen LogP contribution in [-0.4, -0.2) is 20.4 Å². The molecule has 2 aromatic carbocycles. The molecular formula is C26H24ClFN2O3S2. The molecule has 9 heteroatoms. The average molecular weight is 531 g/mol. The lowest BCUT2D eigenvalue weighted by Gasteiger charge is -2.23. The molecule has 3 aromatic rings. The quantitative estimate of drug-likeness (QED) is 0.403. The highest BCUT2D eigenvalue weighted by Gasteiger charge is 2.41. The maximum absolute atomic E-state index is 13.0. The molecule has 182 valence electrons. The van der Waals surface area contributed by atoms with E-state index in [1.807, 2.05) is 18.2 Å². The van der Waals surface area contributed by atoms with E-state index in [4.69, 9.17) is 11.6 Å². The van der Waals surface area contributed by atoms with E-state index in [2.05, 4.69) is 10.0 Å². The topological polar surface area (TPSA) is 75.3 Å². The molecule has 2 N–H and O–H groups in total. The molecule has 5 nitrogen and oxygen atoms in total. The zero-order valence-electron chi connectivity index (χ0n) is 18.7. The number of carbonyl (C=O) groups is 1. The summed E-state index contributed by atoms with van der Waals surface area (Å²) in [6.07, 6.45) is 6.54. The van der Waals surface area contributed by atoms with Crippen molar-refractivity contribution in [2.75, 3.05) is 5.32 Å². The van der Waals surface area contributed by atoms with Crippen LogP contribution in [0.1, 0.15) is 29.5 Å². The van der Waals surface area contributed by atoms with Crippen LogP contribution in [0, 0.1) is 17.7 Å². The van der Waals surface area contributed by atoms with Crippen molar-refractivity contribution in [2.24, 2.45) is 11.8 Å². The van der Waals surface area contributed by atoms with Gasteiger partial charge in [0.1, 0.15) is 10.0 Å². The number of benzene rings is 2. The molecule has 0 radical (unpaired) electrons. The van der Waals surface area contributed by atoms with Crippen molar-refractivity contribution in [2.45, 2.75) is 35.9 Å². The molecule has 1 saturated carbocycles. The summed E-state index contributed by atoms with van der Waals surface area (Å²) in [7, 11) is -3.63. The van der Waals surface area contributed by atoms with Gasteiger partial charge in [-0.05, 0) is 96.7 Å². The molecule has 1 fully saturated rings. The number of anilines is 1. The van der Waals surface area contributed by atoms with Gasteiger partial charge in [0, 0.05) is 17.8 Å². The van der Waals surface area contributed by atoms with E-state index in [0.717, 1.165) is 48.1 Å². The number of amides is 1. The second-order valence-corrected chi connectivity index (χ2v) is 12.7. The van der Waals surface area contributed by atoms with Crippen molar-refractivity contribution >= 4 is 50.6 Å². The van der Waals surface area contributed by atoms with Gasteiger partial charge < -0.3 is 5.32 Å². The van der Waals surface area contributed by atoms with Crippen LogP contribution >= 0.6 is 22.9 Å². The smallest absolute Gasteiger partial charge is 0.250 e. The van der Waals surface area contributed by atoms with E-state index >= 15 is 0 Å². The SMILES string of the molecule is O=C(/C=C/c1ccc(F)cc1)Nc1ccc2c(c1)CC1CCC(C2)C1NS(=O)(=O)c1ccc(Cl)s1. The fourth-order valence-corrected chi connectivity index (χ4v) is 7.96. The van der Waals surface area contributed by atoms with Gasteiger partial charge >= 0.3 is 0 Å². The zero-order chi connectivity index (χ0) is 24.6. The first-order valence-corrected chi connectivity index (χ1v) is 14.1. The largest absolute Gasteiger partial charge is 0.323 e. The van der Waals surface area contributed by atoms with Gasteiger partial charge in [-0.25, -0.2) is 17.5 Å². The minimum absolute atomic E-state index is 0.134. The first-order chi connectivity index (χ1) is 16.8. The molecule has 35 heavy (non-hydrogen) atoms. The van der Waals surface area contributed by atoms with E-state index in [-0.39, 0.29) is 33.8 Å². The van der Waals surface area contributed by atoms with Gasteiger partial charge in [0.25, 0.3) is 0 Å². The monoisotopic (exact) mass is 530 g/mol. The summed E-state index contributed by atoms with van der Waals surface area (Å²) in [5.74, 6) is -0.178. The Hall–Kier alpha value is -2.52. The Morgan fingerprint density at radius 3 is 2.40 bits per heavy atom. The number of fused-ring (bicyclic) bond motifs is 3. The third kappa shape index (κ3) is 5.51. The van der Waals surface area contributed by atoms with Crippen LogP contribution < -0.4 is 10.0 Å². The first kappa shape index (κ1) is 24.2. The van der Waals surface area contributed by atoms with E-state index < -0.39 is 10.0 Å². The minimum atomic E-state index is -3.63. The van der Waals surface area contributed by atoms with Crippen molar-refractivity contribution in [3.8, 4) is 0 Å². The van der Waals surface area contributed by atoms with E-state index in [1.54, 1.807) is 30.3 Å². The molecule has 2 bridgehead atoms. The molecule has 0 spiro atoms. The van der Waals surface area contributed by atoms with E-state index in [1.165, 1.54) is 23.8 Å². The summed E-state index contributed by atoms with van der Waals surface area (Å²) in [4.78, 5) is 12.4. The molecule has 2 aliphatic rings. The molecule has 0 aliphatic heterocycles. The second-order valence-electron chi connectivity index (χ2n) is 9.07. The molecule has 3 atom stereocenters. The van der Waals surface area contributed by atoms with E-state index in [0.29, 0.717) is 10.0 Å². The Kier molecular flexibility index (Phi) is 6.81. The molecule has 1 heterocycles. The summed E-state index contributed by atoms with van der Waals surface area (Å²) in [6.45, 7) is 0. The number of carbonyl (C=O) groups excluding carboxylic acids is 1. The lowest BCUT2D eigenvalue weighted by Crippen LogP contribution is -2.41. The van der Waals surface area contributed by atoms with Gasteiger partial charge in [0.05, 0.1) is 4.34 Å². The Bertz CT molecular complexity index is 1390. The van der Waals surface area contributed by atoms with Gasteiger partial charge in [-0.15, -0.1) is 11.3 Å². The van der Waals surface area contributed by atoms with Crippen LogP contribution in [0.25, 0.3) is 6.08 Å². The summed E-state index contributed by atoms with van der Waals surface area (Å²) >= 11 is 7.01. The lowest BCUT2D eigenvalue weighted by molar-refractivity contribution is -0.111. The number of rotatable bonds is 6. The van der Waals surface area contributed by atoms with Gasteiger partial charge in [-0.1, -0.05) is 29.8 Å².